The number of aromatic amines is 1. The van der Waals surface area contributed by atoms with Crippen molar-refractivity contribution in [3.05, 3.63) is 89.1 Å². The van der Waals surface area contributed by atoms with E-state index in [0.717, 1.165) is 47.7 Å². The number of hydrogen-bond donors (Lipinski definition) is 4. The van der Waals surface area contributed by atoms with Gasteiger partial charge in [-0.1, -0.05) is 50.8 Å². The lowest BCUT2D eigenvalue weighted by molar-refractivity contribution is 0.0930. The van der Waals surface area contributed by atoms with Crippen LogP contribution in [0.2, 0.25) is 0 Å². The summed E-state index contributed by atoms with van der Waals surface area (Å²) in [5.74, 6) is 4.93. The number of ether oxygens (including phenoxy) is 2. The molecular weight excluding hydrogens is 630 g/mol. The first kappa shape index (κ1) is 34.5. The molecule has 2 amide bonds. The monoisotopic (exact) mass is 671 g/mol. The van der Waals surface area contributed by atoms with Gasteiger partial charge in [-0.05, 0) is 86.6 Å². The number of carbonyl (C=O) groups excluding carboxylic acids is 2. The molecule has 11 heteroatoms. The Hall–Kier alpha value is -4.79. The number of aliphatic hydroxyl groups is 1. The van der Waals surface area contributed by atoms with Gasteiger partial charge in [0.1, 0.15) is 22.4 Å². The Bertz CT molecular complexity index is 1980. The van der Waals surface area contributed by atoms with Crippen molar-refractivity contribution in [2.45, 2.75) is 81.8 Å². The summed E-state index contributed by atoms with van der Waals surface area (Å²) in [4.78, 5) is 28.9. The summed E-state index contributed by atoms with van der Waals surface area (Å²) >= 11 is 0. The first-order chi connectivity index (χ1) is 23.0. The highest BCUT2D eigenvalue weighted by molar-refractivity contribution is 7.90. The van der Waals surface area contributed by atoms with Gasteiger partial charge in [0.15, 0.2) is 0 Å². The minimum Gasteiger partial charge on any atom is -0.496 e. The van der Waals surface area contributed by atoms with Crippen molar-refractivity contribution < 1.29 is 32.6 Å². The Balaban J connectivity index is 1.35. The lowest BCUT2D eigenvalue weighted by atomic mass is 9.91. The highest BCUT2D eigenvalue weighted by Gasteiger charge is 2.25. The first-order valence-corrected chi connectivity index (χ1v) is 17.6. The minimum atomic E-state index is -4.31. The van der Waals surface area contributed by atoms with Crippen LogP contribution in [0.5, 0.6) is 5.75 Å². The molecule has 5 rings (SSSR count). The van der Waals surface area contributed by atoms with E-state index in [1.54, 1.807) is 38.1 Å². The number of rotatable bonds is 10. The van der Waals surface area contributed by atoms with E-state index in [1.165, 1.54) is 25.3 Å². The van der Waals surface area contributed by atoms with Gasteiger partial charge < -0.3 is 19.6 Å². The van der Waals surface area contributed by atoms with Crippen LogP contribution in [0.15, 0.2) is 71.8 Å². The number of amides is 2. The number of anilines is 1. The Kier molecular flexibility index (Phi) is 10.5. The van der Waals surface area contributed by atoms with Gasteiger partial charge in [0.05, 0.1) is 7.11 Å². The maximum Gasteiger partial charge on any atom is 0.411 e. The summed E-state index contributed by atoms with van der Waals surface area (Å²) in [7, 11) is -2.83. The SMILES string of the molecule is CCC(O)(C#Cc1ccccc1S(=O)(=O)NC(=O)c1ccc(C(C)c2c[nH]c3ccc(NC(=O)OC4CCCC4)cc23)c(OC)c1)CC. The molecule has 0 spiro atoms. The number of H-pyrrole nitrogens is 1. The molecule has 0 saturated heterocycles. The number of methoxy groups -OCH3 is 1. The van der Waals surface area contributed by atoms with Crippen molar-refractivity contribution >= 4 is 38.6 Å². The van der Waals surface area contributed by atoms with E-state index in [2.05, 4.69) is 26.9 Å². The third-order valence-electron chi connectivity index (χ3n) is 8.97. The molecule has 1 heterocycles. The molecule has 1 unspecified atom stereocenters. The summed E-state index contributed by atoms with van der Waals surface area (Å²) < 4.78 is 40.1. The molecule has 4 aromatic rings. The summed E-state index contributed by atoms with van der Waals surface area (Å²) in [5, 5.41) is 14.3. The Morgan fingerprint density at radius 1 is 1.04 bits per heavy atom. The number of carbonyl (C=O) groups is 2. The lowest BCUT2D eigenvalue weighted by Gasteiger charge is -2.17. The zero-order valence-corrected chi connectivity index (χ0v) is 28.4. The van der Waals surface area contributed by atoms with Crippen molar-refractivity contribution in [3.8, 4) is 17.6 Å². The highest BCUT2D eigenvalue weighted by Crippen LogP contribution is 2.37. The molecule has 1 aliphatic rings. The van der Waals surface area contributed by atoms with Gasteiger partial charge in [-0.3, -0.25) is 10.1 Å². The molecule has 1 aromatic heterocycles. The second-order valence-corrected chi connectivity index (χ2v) is 13.7. The average molecular weight is 672 g/mol. The molecule has 4 N–H and O–H groups in total. The first-order valence-electron chi connectivity index (χ1n) is 16.1. The van der Waals surface area contributed by atoms with Crippen LogP contribution in [0.1, 0.15) is 92.3 Å². The highest BCUT2D eigenvalue weighted by atomic mass is 32.2. The van der Waals surface area contributed by atoms with Crippen LogP contribution in [-0.4, -0.2) is 49.3 Å². The standard InChI is InChI=1S/C37H41N3O7S/c1-5-37(43,6-2)20-19-25-11-7-10-14-34(25)48(44,45)40-35(41)26-15-17-29(33(21-26)46-4)24(3)31-23-38-32-18-16-27(22-30(31)32)39-36(42)47-28-12-8-9-13-28/h7,10-11,14-18,21-24,28,38,43H,5-6,8-9,12-13H2,1-4H3,(H,39,42)(H,40,41). The Labute approximate surface area is 281 Å². The maximum absolute atomic E-state index is 13.4. The predicted molar refractivity (Wildman–Crippen MR) is 185 cm³/mol. The van der Waals surface area contributed by atoms with Crippen LogP contribution in [0.4, 0.5) is 10.5 Å². The predicted octanol–water partition coefficient (Wildman–Crippen LogP) is 6.84. The largest absolute Gasteiger partial charge is 0.496 e. The van der Waals surface area contributed by atoms with E-state index in [4.69, 9.17) is 9.47 Å². The van der Waals surface area contributed by atoms with Crippen molar-refractivity contribution in [1.29, 1.82) is 0 Å². The number of fused-ring (bicyclic) bond motifs is 1. The fourth-order valence-corrected chi connectivity index (χ4v) is 7.05. The summed E-state index contributed by atoms with van der Waals surface area (Å²) in [6, 6.07) is 16.5. The van der Waals surface area contributed by atoms with Crippen LogP contribution in [-0.2, 0) is 14.8 Å². The van der Waals surface area contributed by atoms with E-state index in [0.29, 0.717) is 24.3 Å². The molecule has 48 heavy (non-hydrogen) atoms. The molecule has 252 valence electrons. The molecular formula is C37H41N3O7S. The molecule has 0 bridgehead atoms. The molecule has 1 atom stereocenters. The molecule has 3 aromatic carbocycles. The van der Waals surface area contributed by atoms with Crippen molar-refractivity contribution in [2.75, 3.05) is 12.4 Å². The van der Waals surface area contributed by atoms with E-state index < -0.39 is 27.6 Å². The topological polar surface area (TPSA) is 147 Å². The number of nitrogens with one attached hydrogen (secondary N) is 3. The summed E-state index contributed by atoms with van der Waals surface area (Å²) in [6.45, 7) is 5.59. The second-order valence-electron chi connectivity index (χ2n) is 12.0. The van der Waals surface area contributed by atoms with Gasteiger partial charge >= 0.3 is 6.09 Å². The lowest BCUT2D eigenvalue weighted by Crippen LogP contribution is -2.31. The van der Waals surface area contributed by atoms with Crippen molar-refractivity contribution in [2.24, 2.45) is 0 Å². The molecule has 0 aliphatic heterocycles. The van der Waals surface area contributed by atoms with Gasteiger partial charge in [-0.15, -0.1) is 0 Å². The van der Waals surface area contributed by atoms with Crippen LogP contribution in [0, 0.1) is 11.8 Å². The van der Waals surface area contributed by atoms with Crippen LogP contribution < -0.4 is 14.8 Å². The maximum atomic E-state index is 13.4. The normalized spacial score (nSPS) is 14.2. The Morgan fingerprint density at radius 2 is 1.77 bits per heavy atom. The Morgan fingerprint density at radius 3 is 2.48 bits per heavy atom. The van der Waals surface area contributed by atoms with Crippen molar-refractivity contribution in [3.63, 3.8) is 0 Å². The van der Waals surface area contributed by atoms with Crippen molar-refractivity contribution in [1.82, 2.24) is 9.71 Å². The van der Waals surface area contributed by atoms with Gasteiger partial charge in [0.2, 0.25) is 0 Å². The van der Waals surface area contributed by atoms with Crippen LogP contribution in [0.25, 0.3) is 10.9 Å². The zero-order chi connectivity index (χ0) is 34.5. The smallest absolute Gasteiger partial charge is 0.411 e. The van der Waals surface area contributed by atoms with Gasteiger partial charge in [-0.25, -0.2) is 17.9 Å². The van der Waals surface area contributed by atoms with Crippen LogP contribution >= 0.6 is 0 Å². The molecule has 1 aliphatic carbocycles. The number of aromatic nitrogens is 1. The van der Waals surface area contributed by atoms with Gasteiger partial charge in [-0.2, -0.15) is 0 Å². The number of benzene rings is 3. The van der Waals surface area contributed by atoms with E-state index in [1.807, 2.05) is 31.3 Å². The fraction of sp³-hybridized carbons (Fsp3) is 0.351. The third-order valence-corrected chi connectivity index (χ3v) is 10.4. The number of hydrogen-bond acceptors (Lipinski definition) is 7. The molecule has 0 radical (unpaired) electrons. The molecule has 1 saturated carbocycles. The third kappa shape index (κ3) is 7.67. The zero-order valence-electron chi connectivity index (χ0n) is 27.6. The molecule has 1 fully saturated rings. The van der Waals surface area contributed by atoms with Crippen LogP contribution in [0.3, 0.4) is 0 Å². The molecule has 10 nitrogen and oxygen atoms in total. The average Bonchev–Trinajstić information content (AvgIpc) is 3.76. The second kappa shape index (κ2) is 14.5. The van der Waals surface area contributed by atoms with E-state index in [-0.39, 0.29) is 28.0 Å². The van der Waals surface area contributed by atoms with Gasteiger partial charge in [0.25, 0.3) is 15.9 Å². The summed E-state index contributed by atoms with van der Waals surface area (Å²) in [6.07, 6.45) is 6.05. The number of sulfonamides is 1. The summed E-state index contributed by atoms with van der Waals surface area (Å²) in [5.41, 5.74) is 2.21. The van der Waals surface area contributed by atoms with E-state index in [9.17, 15) is 23.1 Å². The fourth-order valence-electron chi connectivity index (χ4n) is 5.91. The quantitative estimate of drug-likeness (QED) is 0.135. The minimum absolute atomic E-state index is 0.0432. The van der Waals surface area contributed by atoms with E-state index >= 15 is 0 Å². The van der Waals surface area contributed by atoms with Gasteiger partial charge in [0, 0.05) is 45.4 Å².